The first kappa shape index (κ1) is 19.5. The maximum atomic E-state index is 13.2. The molecule has 156 valence electrons. The van der Waals surface area contributed by atoms with E-state index < -0.39 is 0 Å². The van der Waals surface area contributed by atoms with Gasteiger partial charge in [0.15, 0.2) is 5.69 Å². The van der Waals surface area contributed by atoms with E-state index in [1.165, 1.54) is 18.4 Å². The van der Waals surface area contributed by atoms with Crippen molar-refractivity contribution in [2.24, 2.45) is 5.73 Å². The molecule has 2 fully saturated rings. The van der Waals surface area contributed by atoms with Crippen LogP contribution in [-0.4, -0.2) is 39.7 Å². The molecular weight excluding hydrogens is 386 g/mol. The SMILES string of the molecule is N#Cc1ccc(-c2cc(C(=O)N3CCCC(N)C3)nn2-c2ccc(C3CC3)cc2)cc1. The van der Waals surface area contributed by atoms with Crippen molar-refractivity contribution < 1.29 is 4.79 Å². The number of piperidine rings is 1. The van der Waals surface area contributed by atoms with E-state index >= 15 is 0 Å². The number of carbonyl (C=O) groups excluding carboxylic acids is 1. The Morgan fingerprint density at radius 2 is 1.81 bits per heavy atom. The van der Waals surface area contributed by atoms with Crippen LogP contribution >= 0.6 is 0 Å². The number of hydrogen-bond donors (Lipinski definition) is 1. The Hall–Kier alpha value is -3.43. The number of hydrogen-bond acceptors (Lipinski definition) is 4. The summed E-state index contributed by atoms with van der Waals surface area (Å²) in [7, 11) is 0. The third-order valence-corrected chi connectivity index (χ3v) is 6.17. The molecule has 6 heteroatoms. The van der Waals surface area contributed by atoms with Gasteiger partial charge < -0.3 is 10.6 Å². The molecule has 2 heterocycles. The normalized spacial score (nSPS) is 18.6. The molecule has 6 nitrogen and oxygen atoms in total. The molecule has 1 saturated carbocycles. The molecule has 0 radical (unpaired) electrons. The van der Waals surface area contributed by atoms with Crippen LogP contribution in [0.4, 0.5) is 0 Å². The van der Waals surface area contributed by atoms with Gasteiger partial charge in [-0.25, -0.2) is 4.68 Å². The zero-order valence-corrected chi connectivity index (χ0v) is 17.4. The molecule has 1 amide bonds. The first-order valence-corrected chi connectivity index (χ1v) is 10.9. The largest absolute Gasteiger partial charge is 0.336 e. The van der Waals surface area contributed by atoms with Crippen LogP contribution in [0.2, 0.25) is 0 Å². The van der Waals surface area contributed by atoms with E-state index in [9.17, 15) is 4.79 Å². The highest BCUT2D eigenvalue weighted by Crippen LogP contribution is 2.40. The van der Waals surface area contributed by atoms with Gasteiger partial charge in [-0.3, -0.25) is 4.79 Å². The summed E-state index contributed by atoms with van der Waals surface area (Å²) in [6.07, 6.45) is 4.38. The van der Waals surface area contributed by atoms with E-state index in [0.717, 1.165) is 29.8 Å². The Bertz CT molecular complexity index is 1140. The number of nitrogens with zero attached hydrogens (tertiary/aromatic N) is 4. The van der Waals surface area contributed by atoms with Crippen LogP contribution in [0.25, 0.3) is 16.9 Å². The summed E-state index contributed by atoms with van der Waals surface area (Å²) in [5.41, 5.74) is 11.1. The van der Waals surface area contributed by atoms with Gasteiger partial charge in [-0.2, -0.15) is 10.4 Å². The number of nitrogens with two attached hydrogens (primary N) is 1. The zero-order valence-electron chi connectivity index (χ0n) is 17.4. The van der Waals surface area contributed by atoms with Gasteiger partial charge in [0.05, 0.1) is 23.0 Å². The molecule has 1 saturated heterocycles. The second-order valence-corrected chi connectivity index (χ2v) is 8.54. The first-order chi connectivity index (χ1) is 15.1. The van der Waals surface area contributed by atoms with Gasteiger partial charge >= 0.3 is 0 Å². The second-order valence-electron chi connectivity index (χ2n) is 8.54. The molecule has 0 bridgehead atoms. The summed E-state index contributed by atoms with van der Waals surface area (Å²) in [6.45, 7) is 1.27. The minimum Gasteiger partial charge on any atom is -0.336 e. The molecule has 2 aromatic carbocycles. The average Bonchev–Trinajstić information content (AvgIpc) is 3.57. The van der Waals surface area contributed by atoms with E-state index in [-0.39, 0.29) is 11.9 Å². The number of likely N-dealkylation sites (tertiary alicyclic amines) is 1. The van der Waals surface area contributed by atoms with Gasteiger partial charge in [-0.05, 0) is 67.5 Å². The van der Waals surface area contributed by atoms with Gasteiger partial charge in [-0.1, -0.05) is 24.3 Å². The highest BCUT2D eigenvalue weighted by molar-refractivity contribution is 5.93. The maximum Gasteiger partial charge on any atom is 0.274 e. The molecule has 1 atom stereocenters. The Labute approximate surface area is 181 Å². The van der Waals surface area contributed by atoms with Crippen molar-refractivity contribution in [2.45, 2.75) is 37.6 Å². The molecule has 1 aliphatic heterocycles. The smallest absolute Gasteiger partial charge is 0.274 e. The number of carbonyl (C=O) groups is 1. The number of benzene rings is 2. The minimum atomic E-state index is -0.0848. The quantitative estimate of drug-likeness (QED) is 0.706. The molecule has 2 aliphatic rings. The lowest BCUT2D eigenvalue weighted by Crippen LogP contribution is -2.45. The molecule has 1 aliphatic carbocycles. The molecule has 3 aromatic rings. The van der Waals surface area contributed by atoms with Crippen molar-refractivity contribution in [3.63, 3.8) is 0 Å². The van der Waals surface area contributed by atoms with E-state index in [1.807, 2.05) is 22.9 Å². The van der Waals surface area contributed by atoms with Crippen LogP contribution in [0.1, 0.15) is 53.2 Å². The summed E-state index contributed by atoms with van der Waals surface area (Å²) in [5, 5.41) is 13.8. The van der Waals surface area contributed by atoms with E-state index in [4.69, 9.17) is 16.1 Å². The van der Waals surface area contributed by atoms with Gasteiger partial charge in [0, 0.05) is 24.7 Å². The lowest BCUT2D eigenvalue weighted by molar-refractivity contribution is 0.0702. The van der Waals surface area contributed by atoms with Crippen molar-refractivity contribution in [1.29, 1.82) is 5.26 Å². The van der Waals surface area contributed by atoms with E-state index in [1.54, 1.807) is 17.0 Å². The van der Waals surface area contributed by atoms with Gasteiger partial charge in [0.2, 0.25) is 0 Å². The van der Waals surface area contributed by atoms with Crippen LogP contribution in [0.15, 0.2) is 54.6 Å². The van der Waals surface area contributed by atoms with Crippen molar-refractivity contribution in [2.75, 3.05) is 13.1 Å². The van der Waals surface area contributed by atoms with Crippen LogP contribution in [0.3, 0.4) is 0 Å². The molecule has 1 aromatic heterocycles. The monoisotopic (exact) mass is 411 g/mol. The summed E-state index contributed by atoms with van der Waals surface area (Å²) in [5.74, 6) is 0.600. The highest BCUT2D eigenvalue weighted by atomic mass is 16.2. The van der Waals surface area contributed by atoms with E-state index in [2.05, 4.69) is 30.3 Å². The Kier molecular flexibility index (Phi) is 5.05. The van der Waals surface area contributed by atoms with Crippen molar-refractivity contribution >= 4 is 5.91 Å². The third kappa shape index (κ3) is 3.97. The summed E-state index contributed by atoms with van der Waals surface area (Å²) < 4.78 is 1.83. The number of amides is 1. The van der Waals surface area contributed by atoms with Crippen LogP contribution in [-0.2, 0) is 0 Å². The highest BCUT2D eigenvalue weighted by Gasteiger charge is 2.26. The zero-order chi connectivity index (χ0) is 21.4. The fraction of sp³-hybridized carbons (Fsp3) is 0.320. The number of rotatable bonds is 4. The third-order valence-electron chi connectivity index (χ3n) is 6.17. The summed E-state index contributed by atoms with van der Waals surface area (Å²) in [4.78, 5) is 15.0. The molecule has 2 N–H and O–H groups in total. The molecule has 1 unspecified atom stereocenters. The average molecular weight is 412 g/mol. The standard InChI is InChI=1S/C25H25N5O/c26-15-17-3-5-20(6-4-17)24-14-23(25(31)29-13-1-2-21(27)16-29)28-30(24)22-11-9-19(10-12-22)18-7-8-18/h3-6,9-12,14,18,21H,1-2,7-8,13,16,27H2. The lowest BCUT2D eigenvalue weighted by Gasteiger charge is -2.30. The molecule has 0 spiro atoms. The predicted octanol–water partition coefficient (Wildman–Crippen LogP) is 3.85. The van der Waals surface area contributed by atoms with Crippen molar-refractivity contribution in [1.82, 2.24) is 14.7 Å². The Morgan fingerprint density at radius 3 is 2.45 bits per heavy atom. The van der Waals surface area contributed by atoms with Crippen LogP contribution in [0, 0.1) is 11.3 Å². The fourth-order valence-electron chi connectivity index (χ4n) is 4.26. The molecular formula is C25H25N5O. The maximum absolute atomic E-state index is 13.2. The van der Waals surface area contributed by atoms with Crippen molar-refractivity contribution in [3.8, 4) is 23.0 Å². The fourth-order valence-corrected chi connectivity index (χ4v) is 4.26. The Morgan fingerprint density at radius 1 is 1.06 bits per heavy atom. The number of aromatic nitrogens is 2. The van der Waals surface area contributed by atoms with Gasteiger partial charge in [0.25, 0.3) is 5.91 Å². The topological polar surface area (TPSA) is 87.9 Å². The minimum absolute atomic E-state index is 0.0211. The summed E-state index contributed by atoms with van der Waals surface area (Å²) >= 11 is 0. The lowest BCUT2D eigenvalue weighted by atomic mass is 10.1. The molecule has 5 rings (SSSR count). The van der Waals surface area contributed by atoms with Crippen molar-refractivity contribution in [3.05, 3.63) is 71.4 Å². The van der Waals surface area contributed by atoms with Gasteiger partial charge in [0.1, 0.15) is 0 Å². The second kappa shape index (κ2) is 8.01. The predicted molar refractivity (Wildman–Crippen MR) is 119 cm³/mol. The molecule has 31 heavy (non-hydrogen) atoms. The van der Waals surface area contributed by atoms with Crippen LogP contribution in [0.5, 0.6) is 0 Å². The van der Waals surface area contributed by atoms with E-state index in [0.29, 0.717) is 30.3 Å². The Balaban J connectivity index is 1.54. The van der Waals surface area contributed by atoms with Crippen LogP contribution < -0.4 is 5.73 Å². The first-order valence-electron chi connectivity index (χ1n) is 10.9. The number of nitriles is 1. The van der Waals surface area contributed by atoms with Gasteiger partial charge in [-0.15, -0.1) is 0 Å². The summed E-state index contributed by atoms with van der Waals surface area (Å²) in [6, 6.07) is 19.8.